The number of nitrogens with one attached hydrogen (secondary N) is 1. The van der Waals surface area contributed by atoms with Crippen LogP contribution >= 0.6 is 0 Å². The van der Waals surface area contributed by atoms with Crippen molar-refractivity contribution in [1.29, 1.82) is 0 Å². The Morgan fingerprint density at radius 2 is 2.06 bits per heavy atom. The Hall–Kier alpha value is -1.98. The molecule has 2 heterocycles. The zero-order valence-corrected chi connectivity index (χ0v) is 9.93. The minimum absolute atomic E-state index is 0.00954. The summed E-state index contributed by atoms with van der Waals surface area (Å²) in [6.07, 6.45) is 7.94. The molecule has 2 aromatic rings. The number of hydrogen-bond donors (Lipinski definition) is 1. The number of carbonyl (C=O) groups is 1. The first-order valence-corrected chi connectivity index (χ1v) is 6.22. The van der Waals surface area contributed by atoms with E-state index in [1.165, 1.54) is 23.6 Å². The summed E-state index contributed by atoms with van der Waals surface area (Å²) in [6.45, 7) is 0. The van der Waals surface area contributed by atoms with Crippen LogP contribution in [-0.2, 0) is 0 Å². The van der Waals surface area contributed by atoms with Crippen LogP contribution in [0.25, 0.3) is 11.2 Å². The third-order valence-electron chi connectivity index (χ3n) is 3.53. The van der Waals surface area contributed by atoms with Crippen LogP contribution in [0.4, 0.5) is 0 Å². The van der Waals surface area contributed by atoms with Gasteiger partial charge in [0.05, 0.1) is 6.33 Å². The Labute approximate surface area is 103 Å². The summed E-state index contributed by atoms with van der Waals surface area (Å²) in [5, 5.41) is 0. The van der Waals surface area contributed by atoms with E-state index in [2.05, 4.69) is 15.0 Å². The molecule has 18 heavy (non-hydrogen) atoms. The molecule has 1 N–H and O–H groups in total. The van der Waals surface area contributed by atoms with Gasteiger partial charge in [0.2, 0.25) is 5.91 Å². The van der Waals surface area contributed by atoms with E-state index in [-0.39, 0.29) is 22.9 Å². The molecule has 3 rings (SSSR count). The van der Waals surface area contributed by atoms with Crippen LogP contribution < -0.4 is 5.56 Å². The molecule has 0 spiro atoms. The lowest BCUT2D eigenvalue weighted by molar-refractivity contribution is 0.0806. The van der Waals surface area contributed by atoms with Crippen molar-refractivity contribution < 1.29 is 4.79 Å². The number of imidazole rings is 1. The van der Waals surface area contributed by atoms with Crippen LogP contribution in [-0.4, -0.2) is 25.4 Å². The van der Waals surface area contributed by atoms with Crippen molar-refractivity contribution in [2.45, 2.75) is 32.1 Å². The molecular weight excluding hydrogens is 232 g/mol. The van der Waals surface area contributed by atoms with E-state index in [0.29, 0.717) is 5.65 Å². The average molecular weight is 246 g/mol. The van der Waals surface area contributed by atoms with Gasteiger partial charge in [0.15, 0.2) is 11.2 Å². The number of carbonyl (C=O) groups excluding carboxylic acids is 1. The maximum absolute atomic E-state index is 12.4. The lowest BCUT2D eigenvalue weighted by Gasteiger charge is -2.20. The van der Waals surface area contributed by atoms with E-state index in [4.69, 9.17) is 0 Å². The summed E-state index contributed by atoms with van der Waals surface area (Å²) in [4.78, 5) is 34.3. The fourth-order valence-corrected chi connectivity index (χ4v) is 2.55. The minimum atomic E-state index is -0.310. The van der Waals surface area contributed by atoms with E-state index >= 15 is 0 Å². The van der Waals surface area contributed by atoms with Crippen molar-refractivity contribution in [3.63, 3.8) is 0 Å². The third kappa shape index (κ3) is 1.73. The Kier molecular flexibility index (Phi) is 2.70. The summed E-state index contributed by atoms with van der Waals surface area (Å²) < 4.78 is 1.42. The average Bonchev–Trinajstić information content (AvgIpc) is 2.84. The first-order chi connectivity index (χ1) is 8.77. The molecule has 1 aliphatic carbocycles. The van der Waals surface area contributed by atoms with E-state index < -0.39 is 0 Å². The third-order valence-corrected chi connectivity index (χ3v) is 3.53. The number of aromatic amines is 1. The molecule has 0 aliphatic heterocycles. The van der Waals surface area contributed by atoms with Crippen LogP contribution in [0.5, 0.6) is 0 Å². The number of hydrogen-bond acceptors (Lipinski definition) is 4. The minimum Gasteiger partial charge on any atom is -0.311 e. The zero-order chi connectivity index (χ0) is 12.5. The molecule has 0 bridgehead atoms. The fourth-order valence-electron chi connectivity index (χ4n) is 2.55. The lowest BCUT2D eigenvalue weighted by atomic mass is 9.88. The van der Waals surface area contributed by atoms with Crippen LogP contribution in [0.2, 0.25) is 0 Å². The molecule has 1 aliphatic rings. The van der Waals surface area contributed by atoms with E-state index in [1.54, 1.807) is 0 Å². The van der Waals surface area contributed by atoms with Gasteiger partial charge in [-0.15, -0.1) is 0 Å². The lowest BCUT2D eigenvalue weighted by Crippen LogP contribution is -2.23. The van der Waals surface area contributed by atoms with Crippen LogP contribution in [0.1, 0.15) is 36.9 Å². The predicted octanol–water partition coefficient (Wildman–Crippen LogP) is 1.34. The smallest absolute Gasteiger partial charge is 0.278 e. The van der Waals surface area contributed by atoms with Crippen LogP contribution in [0.3, 0.4) is 0 Å². The predicted molar refractivity (Wildman–Crippen MR) is 65.4 cm³/mol. The van der Waals surface area contributed by atoms with Gasteiger partial charge < -0.3 is 4.98 Å². The highest BCUT2D eigenvalue weighted by atomic mass is 16.2. The van der Waals surface area contributed by atoms with E-state index in [0.717, 1.165) is 25.7 Å². The molecular formula is C12H14N4O2. The standard InChI is InChI=1S/C12H14N4O2/c17-11-9-10(13-6-14-11)16(7-15-9)12(18)8-4-2-1-3-5-8/h6-8H,1-5H2,(H,13,14,17). The molecule has 0 aromatic carbocycles. The normalized spacial score (nSPS) is 17.1. The number of nitrogens with zero attached hydrogens (tertiary/aromatic N) is 3. The van der Waals surface area contributed by atoms with Gasteiger partial charge in [-0.25, -0.2) is 9.97 Å². The highest BCUT2D eigenvalue weighted by Crippen LogP contribution is 2.25. The van der Waals surface area contributed by atoms with Crippen LogP contribution in [0.15, 0.2) is 17.4 Å². The maximum Gasteiger partial charge on any atom is 0.278 e. The molecule has 0 saturated heterocycles. The molecule has 1 saturated carbocycles. The van der Waals surface area contributed by atoms with E-state index in [9.17, 15) is 9.59 Å². The van der Waals surface area contributed by atoms with Crippen LogP contribution in [0, 0.1) is 5.92 Å². The van der Waals surface area contributed by atoms with Gasteiger partial charge >= 0.3 is 0 Å². The molecule has 0 unspecified atom stereocenters. The summed E-state index contributed by atoms with van der Waals surface area (Å²) in [7, 11) is 0. The van der Waals surface area contributed by atoms with Crippen molar-refractivity contribution in [2.75, 3.05) is 0 Å². The van der Waals surface area contributed by atoms with E-state index in [1.807, 2.05) is 0 Å². The zero-order valence-electron chi connectivity index (χ0n) is 9.93. The van der Waals surface area contributed by atoms with Crippen molar-refractivity contribution in [2.24, 2.45) is 5.92 Å². The summed E-state index contributed by atoms with van der Waals surface area (Å²) in [5.74, 6) is 0.0486. The number of H-pyrrole nitrogens is 1. The van der Waals surface area contributed by atoms with Gasteiger partial charge in [-0.05, 0) is 12.8 Å². The van der Waals surface area contributed by atoms with Gasteiger partial charge in [0.25, 0.3) is 5.56 Å². The highest BCUT2D eigenvalue weighted by molar-refractivity contribution is 5.89. The van der Waals surface area contributed by atoms with Crippen molar-refractivity contribution >= 4 is 17.1 Å². The Morgan fingerprint density at radius 1 is 1.28 bits per heavy atom. The van der Waals surface area contributed by atoms with Gasteiger partial charge in [0, 0.05) is 5.92 Å². The van der Waals surface area contributed by atoms with Gasteiger partial charge in [-0.1, -0.05) is 19.3 Å². The largest absolute Gasteiger partial charge is 0.311 e. The summed E-state index contributed by atoms with van der Waals surface area (Å²) in [6, 6.07) is 0. The first kappa shape index (κ1) is 11.1. The second-order valence-corrected chi connectivity index (χ2v) is 4.69. The molecule has 6 heteroatoms. The van der Waals surface area contributed by atoms with Gasteiger partial charge in [-0.2, -0.15) is 0 Å². The van der Waals surface area contributed by atoms with Crippen molar-refractivity contribution in [3.05, 3.63) is 23.0 Å². The van der Waals surface area contributed by atoms with Gasteiger partial charge in [-0.3, -0.25) is 14.2 Å². The Balaban J connectivity index is 2.01. The summed E-state index contributed by atoms with van der Waals surface area (Å²) in [5.41, 5.74) is 0.270. The molecule has 0 atom stereocenters. The SMILES string of the molecule is O=C(C1CCCCC1)n1cnc2c(=O)[nH]cnc21. The number of aromatic nitrogens is 4. The van der Waals surface area contributed by atoms with Crippen molar-refractivity contribution in [3.8, 4) is 0 Å². The molecule has 94 valence electrons. The first-order valence-electron chi connectivity index (χ1n) is 6.22. The molecule has 6 nitrogen and oxygen atoms in total. The second kappa shape index (κ2) is 4.36. The molecule has 0 amide bonds. The quantitative estimate of drug-likeness (QED) is 0.823. The second-order valence-electron chi connectivity index (χ2n) is 4.69. The maximum atomic E-state index is 12.4. The topological polar surface area (TPSA) is 80.6 Å². The van der Waals surface area contributed by atoms with Gasteiger partial charge in [0.1, 0.15) is 6.33 Å². The van der Waals surface area contributed by atoms with Crippen molar-refractivity contribution in [1.82, 2.24) is 19.5 Å². The molecule has 0 radical (unpaired) electrons. The monoisotopic (exact) mass is 246 g/mol. The number of fused-ring (bicyclic) bond motifs is 1. The Bertz CT molecular complexity index is 637. The number of rotatable bonds is 1. The highest BCUT2D eigenvalue weighted by Gasteiger charge is 2.24. The molecule has 2 aromatic heterocycles. The molecule has 1 fully saturated rings. The fraction of sp³-hybridized carbons (Fsp3) is 0.500. The summed E-state index contributed by atoms with van der Waals surface area (Å²) >= 11 is 0. The Morgan fingerprint density at radius 3 is 2.83 bits per heavy atom.